The molecule has 0 saturated carbocycles. The van der Waals surface area contributed by atoms with Gasteiger partial charge in [-0.25, -0.2) is 4.39 Å². The Morgan fingerprint density at radius 1 is 1.25 bits per heavy atom. The molecule has 0 amide bonds. The zero-order valence-electron chi connectivity index (χ0n) is 13.4. The first kappa shape index (κ1) is 16.2. The highest BCUT2D eigenvalue weighted by Gasteiger charge is 2.18. The van der Waals surface area contributed by atoms with E-state index in [9.17, 15) is 14.3 Å². The third-order valence-corrected chi connectivity index (χ3v) is 3.67. The van der Waals surface area contributed by atoms with E-state index in [0.29, 0.717) is 45.5 Å². The third-order valence-electron chi connectivity index (χ3n) is 3.67. The van der Waals surface area contributed by atoms with Crippen molar-refractivity contribution in [2.45, 2.75) is 26.6 Å². The van der Waals surface area contributed by atoms with Crippen LogP contribution in [0.1, 0.15) is 29.8 Å². The van der Waals surface area contributed by atoms with Crippen molar-refractivity contribution in [3.63, 3.8) is 0 Å². The van der Waals surface area contributed by atoms with Crippen LogP contribution in [-0.4, -0.2) is 17.5 Å². The Balaban J connectivity index is 2.22. The van der Waals surface area contributed by atoms with E-state index in [0.717, 1.165) is 0 Å². The minimum absolute atomic E-state index is 0.0732. The summed E-state index contributed by atoms with van der Waals surface area (Å²) in [5.41, 5.74) is 2.02. The number of aldehydes is 1. The molecule has 0 bridgehead atoms. The molecule has 24 heavy (non-hydrogen) atoms. The van der Waals surface area contributed by atoms with Gasteiger partial charge in [0.25, 0.3) is 0 Å². The molecule has 5 heteroatoms. The first-order valence-corrected chi connectivity index (χ1v) is 7.61. The number of hydrogen-bond acceptors (Lipinski definition) is 4. The van der Waals surface area contributed by atoms with E-state index in [1.165, 1.54) is 12.1 Å². The van der Waals surface area contributed by atoms with Gasteiger partial charge >= 0.3 is 0 Å². The molecule has 0 saturated heterocycles. The molecular weight excluding hydrogens is 311 g/mol. The zero-order valence-corrected chi connectivity index (χ0v) is 13.4. The summed E-state index contributed by atoms with van der Waals surface area (Å²) in [5, 5.41) is 10.1. The van der Waals surface area contributed by atoms with E-state index in [1.807, 2.05) is 13.8 Å². The van der Waals surface area contributed by atoms with Crippen molar-refractivity contribution in [3.8, 4) is 17.1 Å². The van der Waals surface area contributed by atoms with Crippen LogP contribution in [-0.2, 0) is 6.61 Å². The van der Waals surface area contributed by atoms with Crippen LogP contribution in [0.25, 0.3) is 22.3 Å². The van der Waals surface area contributed by atoms with Gasteiger partial charge in [0, 0.05) is 16.5 Å². The molecule has 2 aromatic carbocycles. The fourth-order valence-electron chi connectivity index (χ4n) is 2.60. The van der Waals surface area contributed by atoms with Crippen LogP contribution in [0.15, 0.2) is 40.8 Å². The van der Waals surface area contributed by atoms with Crippen LogP contribution in [0, 0.1) is 5.82 Å². The molecule has 3 aromatic rings. The first-order chi connectivity index (χ1) is 11.5. The number of aliphatic hydroxyl groups excluding tert-OH is 1. The predicted molar refractivity (Wildman–Crippen MR) is 88.7 cm³/mol. The summed E-state index contributed by atoms with van der Waals surface area (Å²) in [7, 11) is 0. The van der Waals surface area contributed by atoms with E-state index in [-0.39, 0.29) is 18.5 Å². The van der Waals surface area contributed by atoms with Gasteiger partial charge in [-0.1, -0.05) is 0 Å². The number of carbonyl (C=O) groups is 1. The maximum atomic E-state index is 13.1. The van der Waals surface area contributed by atoms with Gasteiger partial charge in [0.15, 0.2) is 6.29 Å². The van der Waals surface area contributed by atoms with E-state index in [4.69, 9.17) is 9.15 Å². The molecule has 0 aliphatic heterocycles. The molecule has 0 atom stereocenters. The van der Waals surface area contributed by atoms with Gasteiger partial charge in [0.1, 0.15) is 22.9 Å². The summed E-state index contributed by atoms with van der Waals surface area (Å²) in [4.78, 5) is 11.6. The smallest absolute Gasteiger partial charge is 0.154 e. The second-order valence-corrected chi connectivity index (χ2v) is 5.75. The number of benzene rings is 2. The molecule has 0 radical (unpaired) electrons. The van der Waals surface area contributed by atoms with Crippen LogP contribution in [0.5, 0.6) is 5.75 Å². The summed E-state index contributed by atoms with van der Waals surface area (Å²) in [6.07, 6.45) is 0.637. The van der Waals surface area contributed by atoms with Crippen LogP contribution in [0.2, 0.25) is 0 Å². The summed E-state index contributed by atoms with van der Waals surface area (Å²) in [6.45, 7) is 3.55. The topological polar surface area (TPSA) is 59.7 Å². The average Bonchev–Trinajstić information content (AvgIpc) is 2.91. The van der Waals surface area contributed by atoms with Crippen molar-refractivity contribution in [1.29, 1.82) is 0 Å². The molecule has 1 heterocycles. The summed E-state index contributed by atoms with van der Waals surface area (Å²) >= 11 is 0. The van der Waals surface area contributed by atoms with Crippen LogP contribution >= 0.6 is 0 Å². The van der Waals surface area contributed by atoms with Crippen molar-refractivity contribution < 1.29 is 23.4 Å². The fourth-order valence-corrected chi connectivity index (χ4v) is 2.60. The van der Waals surface area contributed by atoms with Gasteiger partial charge in [-0.15, -0.1) is 0 Å². The Bertz CT molecular complexity index is 879. The second kappa shape index (κ2) is 6.45. The molecule has 0 aliphatic rings. The van der Waals surface area contributed by atoms with Crippen molar-refractivity contribution in [1.82, 2.24) is 0 Å². The molecule has 0 aliphatic carbocycles. The van der Waals surface area contributed by atoms with E-state index in [1.54, 1.807) is 24.3 Å². The number of aliphatic hydroxyl groups is 1. The molecule has 0 fully saturated rings. The normalized spacial score (nSPS) is 11.2. The summed E-state index contributed by atoms with van der Waals surface area (Å²) < 4.78 is 24.6. The molecule has 0 spiro atoms. The van der Waals surface area contributed by atoms with E-state index < -0.39 is 0 Å². The van der Waals surface area contributed by atoms with Crippen molar-refractivity contribution in [2.24, 2.45) is 0 Å². The number of halogens is 1. The monoisotopic (exact) mass is 328 g/mol. The molecule has 4 nitrogen and oxygen atoms in total. The summed E-state index contributed by atoms with van der Waals surface area (Å²) in [5.74, 6) is 0.512. The lowest BCUT2D eigenvalue weighted by Crippen LogP contribution is -2.07. The maximum absolute atomic E-state index is 13.1. The first-order valence-electron chi connectivity index (χ1n) is 7.61. The molecule has 124 valence electrons. The molecule has 1 aromatic heterocycles. The number of rotatable bonds is 5. The number of furan rings is 1. The van der Waals surface area contributed by atoms with Gasteiger partial charge in [-0.05, 0) is 50.2 Å². The quantitative estimate of drug-likeness (QED) is 0.708. The Hall–Kier alpha value is -2.66. The van der Waals surface area contributed by atoms with E-state index in [2.05, 4.69) is 0 Å². The molecule has 0 unspecified atom stereocenters. The highest BCUT2D eigenvalue weighted by atomic mass is 19.1. The average molecular weight is 328 g/mol. The van der Waals surface area contributed by atoms with E-state index >= 15 is 0 Å². The van der Waals surface area contributed by atoms with Gasteiger partial charge in [-0.2, -0.15) is 0 Å². The van der Waals surface area contributed by atoms with Gasteiger partial charge < -0.3 is 14.3 Å². The van der Waals surface area contributed by atoms with Crippen LogP contribution in [0.3, 0.4) is 0 Å². The zero-order chi connectivity index (χ0) is 17.3. The lowest BCUT2D eigenvalue weighted by molar-refractivity contribution is 0.112. The van der Waals surface area contributed by atoms with Crippen molar-refractivity contribution in [3.05, 3.63) is 53.3 Å². The van der Waals surface area contributed by atoms with Crippen LogP contribution in [0.4, 0.5) is 4.39 Å². The van der Waals surface area contributed by atoms with Crippen molar-refractivity contribution in [2.75, 3.05) is 0 Å². The minimum atomic E-state index is -0.363. The SMILES string of the molecule is CC(C)Oc1cc2c(C=O)c(-c3ccc(F)cc3)oc2cc1CO. The fraction of sp³-hybridized carbons (Fsp3) is 0.211. The lowest BCUT2D eigenvalue weighted by Gasteiger charge is -2.13. The Kier molecular flexibility index (Phi) is 4.36. The number of carbonyl (C=O) groups excluding carboxylic acids is 1. The molecule has 1 N–H and O–H groups in total. The maximum Gasteiger partial charge on any atom is 0.154 e. The number of ether oxygens (including phenoxy) is 1. The molecular formula is C19H17FO4. The highest BCUT2D eigenvalue weighted by Crippen LogP contribution is 2.36. The molecule has 3 rings (SSSR count). The number of hydrogen-bond donors (Lipinski definition) is 1. The second-order valence-electron chi connectivity index (χ2n) is 5.75. The third kappa shape index (κ3) is 2.90. The largest absolute Gasteiger partial charge is 0.491 e. The predicted octanol–water partition coefficient (Wildman–Crippen LogP) is 4.33. The van der Waals surface area contributed by atoms with Gasteiger partial charge in [-0.3, -0.25) is 4.79 Å². The Morgan fingerprint density at radius 3 is 2.54 bits per heavy atom. The van der Waals surface area contributed by atoms with Crippen molar-refractivity contribution >= 4 is 17.3 Å². The lowest BCUT2D eigenvalue weighted by atomic mass is 10.0. The van der Waals surface area contributed by atoms with Crippen LogP contribution < -0.4 is 4.74 Å². The Morgan fingerprint density at radius 2 is 1.96 bits per heavy atom. The standard InChI is InChI=1S/C19H17FO4/c1-11(2)23-17-8-15-16(10-22)19(12-3-5-14(20)6-4-12)24-18(15)7-13(17)9-21/h3-8,10-11,21H,9H2,1-2H3. The highest BCUT2D eigenvalue weighted by molar-refractivity contribution is 6.03. The minimum Gasteiger partial charge on any atom is -0.491 e. The Labute approximate surface area is 138 Å². The van der Waals surface area contributed by atoms with Gasteiger partial charge in [0.05, 0.1) is 18.3 Å². The van der Waals surface area contributed by atoms with Gasteiger partial charge in [0.2, 0.25) is 0 Å². The summed E-state index contributed by atoms with van der Waals surface area (Å²) in [6, 6.07) is 9.08. The number of fused-ring (bicyclic) bond motifs is 1.